The number of hydrogen-bond acceptors (Lipinski definition) is 2. The molecule has 0 aliphatic carbocycles. The van der Waals surface area contributed by atoms with Gasteiger partial charge in [-0.2, -0.15) is 0 Å². The van der Waals surface area contributed by atoms with E-state index in [-0.39, 0.29) is 5.91 Å². The van der Waals surface area contributed by atoms with Crippen LogP contribution in [0.3, 0.4) is 0 Å². The van der Waals surface area contributed by atoms with E-state index in [9.17, 15) is 4.79 Å². The van der Waals surface area contributed by atoms with Gasteiger partial charge in [0, 0.05) is 10.0 Å². The zero-order valence-electron chi connectivity index (χ0n) is 10.1. The predicted molar refractivity (Wildman–Crippen MR) is 80.1 cm³/mol. The highest BCUT2D eigenvalue weighted by Crippen LogP contribution is 2.26. The van der Waals surface area contributed by atoms with Crippen LogP contribution in [-0.4, -0.2) is 13.0 Å². The predicted octanol–water partition coefficient (Wildman–Crippen LogP) is 4.36. The maximum atomic E-state index is 12.1. The molecule has 2 aromatic rings. The van der Waals surface area contributed by atoms with Crippen molar-refractivity contribution >= 4 is 39.1 Å². The number of hydrogen-bond donors (Lipinski definition) is 1. The third kappa shape index (κ3) is 3.49. The number of nitrogens with one attached hydrogen (secondary N) is 1. The van der Waals surface area contributed by atoms with Crippen molar-refractivity contribution in [1.29, 1.82) is 0 Å². The molecular weight excluding hydrogens is 330 g/mol. The Labute approximate surface area is 124 Å². The van der Waals surface area contributed by atoms with Gasteiger partial charge in [0.15, 0.2) is 0 Å². The van der Waals surface area contributed by atoms with Gasteiger partial charge in [0.25, 0.3) is 5.91 Å². The fourth-order valence-corrected chi connectivity index (χ4v) is 2.08. The highest BCUT2D eigenvalue weighted by atomic mass is 79.9. The van der Waals surface area contributed by atoms with Gasteiger partial charge in [0.2, 0.25) is 0 Å². The summed E-state index contributed by atoms with van der Waals surface area (Å²) in [4.78, 5) is 12.1. The van der Waals surface area contributed by atoms with Gasteiger partial charge in [-0.3, -0.25) is 4.79 Å². The van der Waals surface area contributed by atoms with Gasteiger partial charge in [-0.25, -0.2) is 0 Å². The second-order valence-electron chi connectivity index (χ2n) is 3.81. The summed E-state index contributed by atoms with van der Waals surface area (Å²) < 4.78 is 5.93. The molecule has 0 saturated heterocycles. The molecule has 19 heavy (non-hydrogen) atoms. The van der Waals surface area contributed by atoms with Crippen molar-refractivity contribution in [1.82, 2.24) is 0 Å². The first-order valence-electron chi connectivity index (χ1n) is 5.50. The van der Waals surface area contributed by atoms with Gasteiger partial charge in [0.05, 0.1) is 17.8 Å². The normalized spacial score (nSPS) is 10.1. The van der Waals surface area contributed by atoms with E-state index >= 15 is 0 Å². The Morgan fingerprint density at radius 1 is 1.26 bits per heavy atom. The van der Waals surface area contributed by atoms with Gasteiger partial charge in [-0.05, 0) is 36.4 Å². The van der Waals surface area contributed by atoms with Crippen molar-refractivity contribution in [3.63, 3.8) is 0 Å². The van der Waals surface area contributed by atoms with Crippen LogP contribution in [0.15, 0.2) is 46.9 Å². The van der Waals surface area contributed by atoms with Gasteiger partial charge in [-0.15, -0.1) is 0 Å². The van der Waals surface area contributed by atoms with Crippen molar-refractivity contribution in [2.45, 2.75) is 0 Å². The minimum atomic E-state index is -0.237. The average Bonchev–Trinajstić information content (AvgIpc) is 2.43. The summed E-state index contributed by atoms with van der Waals surface area (Å²) in [6.45, 7) is 0. The molecule has 0 fully saturated rings. The molecule has 0 aromatic heterocycles. The van der Waals surface area contributed by atoms with Gasteiger partial charge < -0.3 is 10.1 Å². The molecule has 1 N–H and O–H groups in total. The number of benzene rings is 2. The second-order valence-corrected chi connectivity index (χ2v) is 5.13. The lowest BCUT2D eigenvalue weighted by molar-refractivity contribution is 0.102. The number of methoxy groups -OCH3 is 1. The van der Waals surface area contributed by atoms with E-state index in [2.05, 4.69) is 21.2 Å². The van der Waals surface area contributed by atoms with Crippen molar-refractivity contribution in [2.24, 2.45) is 0 Å². The van der Waals surface area contributed by atoms with E-state index < -0.39 is 0 Å². The first-order valence-corrected chi connectivity index (χ1v) is 6.67. The molecule has 2 rings (SSSR count). The van der Waals surface area contributed by atoms with Crippen LogP contribution in [0.1, 0.15) is 10.4 Å². The molecule has 0 radical (unpaired) electrons. The summed E-state index contributed by atoms with van der Waals surface area (Å²) in [5.74, 6) is 0.395. The second kappa shape index (κ2) is 6.08. The van der Waals surface area contributed by atoms with Crippen LogP contribution in [0.4, 0.5) is 5.69 Å². The van der Waals surface area contributed by atoms with Gasteiger partial charge >= 0.3 is 0 Å². The molecule has 98 valence electrons. The minimum Gasteiger partial charge on any atom is -0.497 e. The summed E-state index contributed by atoms with van der Waals surface area (Å²) in [6, 6.07) is 12.2. The molecule has 3 nitrogen and oxygen atoms in total. The zero-order chi connectivity index (χ0) is 13.8. The first kappa shape index (κ1) is 13.9. The Morgan fingerprint density at radius 3 is 2.79 bits per heavy atom. The van der Waals surface area contributed by atoms with Crippen LogP contribution in [0, 0.1) is 0 Å². The van der Waals surface area contributed by atoms with E-state index in [1.807, 2.05) is 6.07 Å². The Balaban J connectivity index is 2.22. The lowest BCUT2D eigenvalue weighted by Crippen LogP contribution is -2.12. The summed E-state index contributed by atoms with van der Waals surface area (Å²) in [7, 11) is 1.56. The van der Waals surface area contributed by atoms with Crippen LogP contribution in [0.25, 0.3) is 0 Å². The number of anilines is 1. The summed E-state index contributed by atoms with van der Waals surface area (Å²) in [5, 5.41) is 3.25. The Bertz CT molecular complexity index is 616. The SMILES string of the molecule is COc1cccc(C(=O)Nc2cc(Br)ccc2Cl)c1. The topological polar surface area (TPSA) is 38.3 Å². The third-order valence-electron chi connectivity index (χ3n) is 2.51. The molecule has 0 aliphatic rings. The number of rotatable bonds is 3. The molecule has 0 bridgehead atoms. The molecule has 0 aliphatic heterocycles. The summed E-state index contributed by atoms with van der Waals surface area (Å²) >= 11 is 9.36. The highest BCUT2D eigenvalue weighted by molar-refractivity contribution is 9.10. The zero-order valence-corrected chi connectivity index (χ0v) is 12.5. The first-order chi connectivity index (χ1) is 9.10. The summed E-state index contributed by atoms with van der Waals surface area (Å²) in [5.41, 5.74) is 1.07. The standard InChI is InChI=1S/C14H11BrClNO2/c1-19-11-4-2-3-9(7-11)14(18)17-13-8-10(15)5-6-12(13)16/h2-8H,1H3,(H,17,18). The molecule has 5 heteroatoms. The Kier molecular flexibility index (Phi) is 4.45. The molecule has 2 aromatic carbocycles. The van der Waals surface area contributed by atoms with Crippen LogP contribution < -0.4 is 10.1 Å². The van der Waals surface area contributed by atoms with Crippen molar-refractivity contribution in [2.75, 3.05) is 12.4 Å². The lowest BCUT2D eigenvalue weighted by Gasteiger charge is -2.08. The lowest BCUT2D eigenvalue weighted by atomic mass is 10.2. The van der Waals surface area contributed by atoms with E-state index in [1.165, 1.54) is 0 Å². The molecular formula is C14H11BrClNO2. The molecule has 0 saturated carbocycles. The monoisotopic (exact) mass is 339 g/mol. The highest BCUT2D eigenvalue weighted by Gasteiger charge is 2.09. The molecule has 0 spiro atoms. The van der Waals surface area contributed by atoms with Crippen molar-refractivity contribution in [3.05, 3.63) is 57.5 Å². The number of carbonyl (C=O) groups excluding carboxylic acids is 1. The van der Waals surface area contributed by atoms with E-state index in [1.54, 1.807) is 43.5 Å². The van der Waals surface area contributed by atoms with Crippen LogP contribution in [-0.2, 0) is 0 Å². The van der Waals surface area contributed by atoms with Crippen molar-refractivity contribution in [3.8, 4) is 5.75 Å². The van der Waals surface area contributed by atoms with Crippen LogP contribution >= 0.6 is 27.5 Å². The van der Waals surface area contributed by atoms with Gasteiger partial charge in [-0.1, -0.05) is 33.6 Å². The number of carbonyl (C=O) groups is 1. The Morgan fingerprint density at radius 2 is 2.05 bits per heavy atom. The fraction of sp³-hybridized carbons (Fsp3) is 0.0714. The summed E-state index contributed by atoms with van der Waals surface area (Å²) in [6.07, 6.45) is 0. The van der Waals surface area contributed by atoms with Crippen LogP contribution in [0.2, 0.25) is 5.02 Å². The minimum absolute atomic E-state index is 0.237. The maximum absolute atomic E-state index is 12.1. The van der Waals surface area contributed by atoms with Gasteiger partial charge in [0.1, 0.15) is 5.75 Å². The molecule has 1 amide bonds. The Hall–Kier alpha value is -1.52. The van der Waals surface area contributed by atoms with Crippen molar-refractivity contribution < 1.29 is 9.53 Å². The van der Waals surface area contributed by atoms with Crippen LogP contribution in [0.5, 0.6) is 5.75 Å². The third-order valence-corrected chi connectivity index (χ3v) is 3.33. The largest absolute Gasteiger partial charge is 0.497 e. The molecule has 0 atom stereocenters. The number of halogens is 2. The smallest absolute Gasteiger partial charge is 0.255 e. The average molecular weight is 341 g/mol. The molecule has 0 unspecified atom stereocenters. The maximum Gasteiger partial charge on any atom is 0.255 e. The quantitative estimate of drug-likeness (QED) is 0.901. The number of ether oxygens (including phenoxy) is 1. The van der Waals surface area contributed by atoms with E-state index in [0.29, 0.717) is 22.0 Å². The van der Waals surface area contributed by atoms with E-state index in [4.69, 9.17) is 16.3 Å². The number of amides is 1. The molecule has 0 heterocycles. The van der Waals surface area contributed by atoms with E-state index in [0.717, 1.165) is 4.47 Å². The fourth-order valence-electron chi connectivity index (χ4n) is 1.55.